The number of hydrogen-bond acceptors (Lipinski definition) is 3. The first-order valence-electron chi connectivity index (χ1n) is 8.57. The molecule has 2 fully saturated rings. The SMILES string of the molecule is CN1CCC2(CC1)OCCN2C(=O)c1ccc(C(C)(C)C)cc1. The smallest absolute Gasteiger partial charge is 0.256 e. The number of amides is 1. The zero-order chi connectivity index (χ0) is 16.7. The van der Waals surface area contributed by atoms with Gasteiger partial charge in [0.1, 0.15) is 5.72 Å². The van der Waals surface area contributed by atoms with Gasteiger partial charge in [0.15, 0.2) is 0 Å². The molecule has 0 aliphatic carbocycles. The van der Waals surface area contributed by atoms with Crippen molar-refractivity contribution < 1.29 is 9.53 Å². The Hall–Kier alpha value is -1.39. The van der Waals surface area contributed by atoms with Crippen molar-refractivity contribution in [3.05, 3.63) is 35.4 Å². The third-order valence-electron chi connectivity index (χ3n) is 5.19. The first-order valence-corrected chi connectivity index (χ1v) is 8.57. The molecule has 0 radical (unpaired) electrons. The van der Waals surface area contributed by atoms with Crippen LogP contribution in [-0.2, 0) is 10.2 Å². The number of carbonyl (C=O) groups is 1. The maximum atomic E-state index is 13.0. The fourth-order valence-corrected chi connectivity index (χ4v) is 3.55. The normalized spacial score (nSPS) is 21.8. The van der Waals surface area contributed by atoms with Crippen molar-refractivity contribution in [1.29, 1.82) is 0 Å². The molecule has 2 heterocycles. The summed E-state index contributed by atoms with van der Waals surface area (Å²) in [6.45, 7) is 9.86. The summed E-state index contributed by atoms with van der Waals surface area (Å²) in [5.41, 5.74) is 1.74. The first kappa shape index (κ1) is 16.5. The standard InChI is InChI=1S/C19H28N2O2/c1-18(2,3)16-7-5-15(6-8-16)17(22)21-13-14-23-19(21)9-11-20(4)12-10-19/h5-8H,9-14H2,1-4H3. The van der Waals surface area contributed by atoms with E-state index in [1.165, 1.54) is 5.56 Å². The monoisotopic (exact) mass is 316 g/mol. The molecule has 1 aromatic carbocycles. The highest BCUT2D eigenvalue weighted by molar-refractivity contribution is 5.94. The number of likely N-dealkylation sites (tertiary alicyclic amines) is 1. The Labute approximate surface area is 139 Å². The lowest BCUT2D eigenvalue weighted by molar-refractivity contribution is -0.102. The number of ether oxygens (including phenoxy) is 1. The second-order valence-electron chi connectivity index (χ2n) is 7.88. The summed E-state index contributed by atoms with van der Waals surface area (Å²) in [6, 6.07) is 8.07. The lowest BCUT2D eigenvalue weighted by Gasteiger charge is -2.42. The Morgan fingerprint density at radius 2 is 1.70 bits per heavy atom. The summed E-state index contributed by atoms with van der Waals surface area (Å²) >= 11 is 0. The minimum atomic E-state index is -0.383. The highest BCUT2D eigenvalue weighted by Crippen LogP contribution is 2.35. The van der Waals surface area contributed by atoms with Crippen LogP contribution in [0.2, 0.25) is 0 Å². The average molecular weight is 316 g/mol. The number of carbonyl (C=O) groups excluding carboxylic acids is 1. The average Bonchev–Trinajstić information content (AvgIpc) is 2.92. The van der Waals surface area contributed by atoms with E-state index < -0.39 is 0 Å². The number of nitrogens with zero attached hydrogens (tertiary/aromatic N) is 2. The van der Waals surface area contributed by atoms with E-state index in [0.717, 1.165) is 31.5 Å². The fraction of sp³-hybridized carbons (Fsp3) is 0.632. The van der Waals surface area contributed by atoms with E-state index in [-0.39, 0.29) is 17.0 Å². The van der Waals surface area contributed by atoms with Crippen LogP contribution in [0, 0.1) is 0 Å². The van der Waals surface area contributed by atoms with Crippen molar-refractivity contribution in [1.82, 2.24) is 9.80 Å². The molecule has 0 atom stereocenters. The van der Waals surface area contributed by atoms with Crippen LogP contribution in [0.15, 0.2) is 24.3 Å². The molecule has 1 spiro atoms. The predicted octanol–water partition coefficient (Wildman–Crippen LogP) is 2.88. The Bertz CT molecular complexity index is 566. The van der Waals surface area contributed by atoms with E-state index in [0.29, 0.717) is 13.2 Å². The second kappa shape index (κ2) is 5.91. The molecule has 0 aromatic heterocycles. The van der Waals surface area contributed by atoms with Gasteiger partial charge in [0.2, 0.25) is 0 Å². The molecule has 4 heteroatoms. The Morgan fingerprint density at radius 1 is 1.09 bits per heavy atom. The summed E-state index contributed by atoms with van der Waals surface area (Å²) in [7, 11) is 2.12. The van der Waals surface area contributed by atoms with Crippen molar-refractivity contribution in [3.8, 4) is 0 Å². The molecule has 2 saturated heterocycles. The molecule has 1 amide bonds. The first-order chi connectivity index (χ1) is 10.8. The maximum Gasteiger partial charge on any atom is 0.256 e. The van der Waals surface area contributed by atoms with Gasteiger partial charge >= 0.3 is 0 Å². The van der Waals surface area contributed by atoms with Gasteiger partial charge in [0, 0.05) is 38.0 Å². The number of piperidine rings is 1. The minimum absolute atomic E-state index is 0.104. The maximum absolute atomic E-state index is 13.0. The van der Waals surface area contributed by atoms with E-state index in [2.05, 4.69) is 44.9 Å². The molecule has 0 N–H and O–H groups in total. The van der Waals surface area contributed by atoms with Gasteiger partial charge in [0.05, 0.1) is 6.61 Å². The number of rotatable bonds is 1. The van der Waals surface area contributed by atoms with Crippen LogP contribution in [0.4, 0.5) is 0 Å². The zero-order valence-electron chi connectivity index (χ0n) is 14.8. The molecule has 3 rings (SSSR count). The summed E-state index contributed by atoms with van der Waals surface area (Å²) in [6.07, 6.45) is 1.80. The van der Waals surface area contributed by atoms with Crippen LogP contribution in [-0.4, -0.2) is 54.7 Å². The van der Waals surface area contributed by atoms with E-state index in [1.807, 2.05) is 17.0 Å². The summed E-state index contributed by atoms with van der Waals surface area (Å²) in [5, 5.41) is 0. The molecule has 2 aliphatic rings. The van der Waals surface area contributed by atoms with Crippen LogP contribution < -0.4 is 0 Å². The molecule has 23 heavy (non-hydrogen) atoms. The van der Waals surface area contributed by atoms with Gasteiger partial charge in [-0.25, -0.2) is 0 Å². The molecule has 0 unspecified atom stereocenters. The van der Waals surface area contributed by atoms with Crippen LogP contribution in [0.5, 0.6) is 0 Å². The summed E-state index contributed by atoms with van der Waals surface area (Å²) in [5.74, 6) is 0.104. The Morgan fingerprint density at radius 3 is 2.26 bits per heavy atom. The molecule has 4 nitrogen and oxygen atoms in total. The van der Waals surface area contributed by atoms with E-state index >= 15 is 0 Å². The quantitative estimate of drug-likeness (QED) is 0.799. The van der Waals surface area contributed by atoms with Crippen molar-refractivity contribution in [2.45, 2.75) is 44.8 Å². The lowest BCUT2D eigenvalue weighted by Crippen LogP contribution is -2.54. The summed E-state index contributed by atoms with van der Waals surface area (Å²) in [4.78, 5) is 17.3. The van der Waals surface area contributed by atoms with Gasteiger partial charge < -0.3 is 14.5 Å². The van der Waals surface area contributed by atoms with Crippen LogP contribution in [0.25, 0.3) is 0 Å². The Balaban J connectivity index is 1.79. The van der Waals surface area contributed by atoms with Crippen LogP contribution in [0.1, 0.15) is 49.5 Å². The van der Waals surface area contributed by atoms with Gasteiger partial charge in [-0.2, -0.15) is 0 Å². The summed E-state index contributed by atoms with van der Waals surface area (Å²) < 4.78 is 6.04. The van der Waals surface area contributed by atoms with Crippen LogP contribution in [0.3, 0.4) is 0 Å². The fourth-order valence-electron chi connectivity index (χ4n) is 3.55. The Kier molecular flexibility index (Phi) is 4.23. The van der Waals surface area contributed by atoms with Gasteiger partial charge in [-0.15, -0.1) is 0 Å². The van der Waals surface area contributed by atoms with Crippen molar-refractivity contribution in [2.24, 2.45) is 0 Å². The topological polar surface area (TPSA) is 32.8 Å². The molecule has 0 bridgehead atoms. The van der Waals surface area contributed by atoms with E-state index in [1.54, 1.807) is 0 Å². The number of hydrogen-bond donors (Lipinski definition) is 0. The lowest BCUT2D eigenvalue weighted by atomic mass is 9.86. The van der Waals surface area contributed by atoms with Gasteiger partial charge in [-0.1, -0.05) is 32.9 Å². The molecule has 126 valence electrons. The largest absolute Gasteiger partial charge is 0.354 e. The van der Waals surface area contributed by atoms with Crippen molar-refractivity contribution in [2.75, 3.05) is 33.3 Å². The highest BCUT2D eigenvalue weighted by Gasteiger charge is 2.46. The molecule has 2 aliphatic heterocycles. The van der Waals surface area contributed by atoms with Gasteiger partial charge in [-0.05, 0) is 30.2 Å². The predicted molar refractivity (Wildman–Crippen MR) is 91.6 cm³/mol. The van der Waals surface area contributed by atoms with Crippen molar-refractivity contribution in [3.63, 3.8) is 0 Å². The van der Waals surface area contributed by atoms with Crippen LogP contribution >= 0.6 is 0 Å². The zero-order valence-corrected chi connectivity index (χ0v) is 14.8. The van der Waals surface area contributed by atoms with E-state index in [9.17, 15) is 4.79 Å². The molecular weight excluding hydrogens is 288 g/mol. The number of benzene rings is 1. The van der Waals surface area contributed by atoms with E-state index in [4.69, 9.17) is 4.74 Å². The second-order valence-corrected chi connectivity index (χ2v) is 7.88. The molecule has 1 aromatic rings. The minimum Gasteiger partial charge on any atom is -0.354 e. The molecular formula is C19H28N2O2. The van der Waals surface area contributed by atoms with Gasteiger partial charge in [0.25, 0.3) is 5.91 Å². The van der Waals surface area contributed by atoms with Crippen molar-refractivity contribution >= 4 is 5.91 Å². The third kappa shape index (κ3) is 3.15. The third-order valence-corrected chi connectivity index (χ3v) is 5.19. The van der Waals surface area contributed by atoms with Gasteiger partial charge in [-0.3, -0.25) is 4.79 Å². The highest BCUT2D eigenvalue weighted by atomic mass is 16.5. The molecule has 0 saturated carbocycles.